The van der Waals surface area contributed by atoms with Crippen LogP contribution in [0, 0.1) is 12.8 Å². The number of imidazole rings is 1. The van der Waals surface area contributed by atoms with Crippen molar-refractivity contribution in [1.82, 2.24) is 20.2 Å². The lowest BCUT2D eigenvalue weighted by Crippen LogP contribution is -2.48. The quantitative estimate of drug-likeness (QED) is 0.886. The molecule has 0 bridgehead atoms. The van der Waals surface area contributed by atoms with Crippen LogP contribution in [0.3, 0.4) is 0 Å². The number of H-pyrrole nitrogens is 1. The number of amides is 2. The molecule has 0 radical (unpaired) electrons. The molecule has 2 unspecified atom stereocenters. The summed E-state index contributed by atoms with van der Waals surface area (Å²) in [5.41, 5.74) is 3.13. The second-order valence-corrected chi connectivity index (χ2v) is 7.57. The van der Waals surface area contributed by atoms with E-state index in [-0.39, 0.29) is 6.03 Å². The molecule has 2 atom stereocenters. The molecule has 6 heteroatoms. The van der Waals surface area contributed by atoms with E-state index in [1.807, 2.05) is 30.0 Å². The molecule has 2 saturated heterocycles. The van der Waals surface area contributed by atoms with Crippen molar-refractivity contribution in [1.29, 1.82) is 0 Å². The minimum Gasteiger partial charge on any atom is -0.378 e. The molecule has 0 spiro atoms. The van der Waals surface area contributed by atoms with Gasteiger partial charge in [0.15, 0.2) is 0 Å². The van der Waals surface area contributed by atoms with Crippen LogP contribution in [0.2, 0.25) is 0 Å². The van der Waals surface area contributed by atoms with Crippen molar-refractivity contribution >= 4 is 17.1 Å². The van der Waals surface area contributed by atoms with Crippen LogP contribution in [-0.4, -0.2) is 46.7 Å². The smallest absolute Gasteiger partial charge is 0.317 e. The van der Waals surface area contributed by atoms with Crippen LogP contribution >= 0.6 is 0 Å². The first-order valence-corrected chi connectivity index (χ1v) is 9.79. The van der Waals surface area contributed by atoms with E-state index in [9.17, 15) is 4.79 Å². The Hall–Kier alpha value is -2.08. The predicted molar refractivity (Wildman–Crippen MR) is 101 cm³/mol. The van der Waals surface area contributed by atoms with Crippen molar-refractivity contribution in [3.8, 4) is 0 Å². The molecule has 2 fully saturated rings. The fraction of sp³-hybridized carbons (Fsp3) is 0.600. The van der Waals surface area contributed by atoms with E-state index in [2.05, 4.69) is 15.3 Å². The van der Waals surface area contributed by atoms with Crippen molar-refractivity contribution < 1.29 is 9.53 Å². The van der Waals surface area contributed by atoms with Crippen LogP contribution in [0.15, 0.2) is 18.2 Å². The van der Waals surface area contributed by atoms with Crippen LogP contribution in [0.5, 0.6) is 0 Å². The zero-order chi connectivity index (χ0) is 17.9. The Morgan fingerprint density at radius 3 is 3.08 bits per heavy atom. The Balaban J connectivity index is 1.34. The van der Waals surface area contributed by atoms with Gasteiger partial charge in [-0.2, -0.15) is 0 Å². The number of benzene rings is 1. The Labute approximate surface area is 154 Å². The summed E-state index contributed by atoms with van der Waals surface area (Å²) in [6, 6.07) is 6.08. The van der Waals surface area contributed by atoms with Crippen LogP contribution in [0.1, 0.15) is 43.5 Å². The summed E-state index contributed by atoms with van der Waals surface area (Å²) in [6.45, 7) is 4.98. The minimum atomic E-state index is 0.00249. The second kappa shape index (κ2) is 7.66. The summed E-state index contributed by atoms with van der Waals surface area (Å²) in [5.74, 6) is 1.27. The van der Waals surface area contributed by atoms with Gasteiger partial charge < -0.3 is 19.9 Å². The Bertz CT molecular complexity index is 766. The van der Waals surface area contributed by atoms with Gasteiger partial charge >= 0.3 is 6.03 Å². The molecular weight excluding hydrogens is 328 g/mol. The lowest BCUT2D eigenvalue weighted by molar-refractivity contribution is -0.0366. The first-order valence-electron chi connectivity index (χ1n) is 9.79. The Kier molecular flexibility index (Phi) is 5.11. The third-order valence-corrected chi connectivity index (χ3v) is 5.66. The van der Waals surface area contributed by atoms with Crippen molar-refractivity contribution in [2.24, 2.45) is 5.92 Å². The number of carbonyl (C=O) groups is 1. The van der Waals surface area contributed by atoms with Gasteiger partial charge in [0.1, 0.15) is 5.82 Å². The van der Waals surface area contributed by atoms with Gasteiger partial charge in [0.2, 0.25) is 0 Å². The fourth-order valence-corrected chi connectivity index (χ4v) is 4.22. The zero-order valence-corrected chi connectivity index (χ0v) is 15.5. The summed E-state index contributed by atoms with van der Waals surface area (Å²) in [7, 11) is 0. The summed E-state index contributed by atoms with van der Waals surface area (Å²) >= 11 is 0. The number of nitrogens with one attached hydrogen (secondary N) is 2. The monoisotopic (exact) mass is 356 g/mol. The molecule has 4 rings (SSSR count). The number of fused-ring (bicyclic) bond motifs is 1. The number of aromatic amines is 1. The van der Waals surface area contributed by atoms with E-state index >= 15 is 0 Å². The van der Waals surface area contributed by atoms with E-state index in [0.717, 1.165) is 61.4 Å². The van der Waals surface area contributed by atoms with Crippen LogP contribution in [0.4, 0.5) is 4.79 Å². The normalized spacial score (nSPS) is 24.0. The highest BCUT2D eigenvalue weighted by Crippen LogP contribution is 2.27. The highest BCUT2D eigenvalue weighted by molar-refractivity contribution is 5.79. The molecule has 140 valence electrons. The van der Waals surface area contributed by atoms with Gasteiger partial charge in [-0.05, 0) is 50.7 Å². The third-order valence-electron chi connectivity index (χ3n) is 5.66. The van der Waals surface area contributed by atoms with Crippen LogP contribution in [-0.2, 0) is 11.3 Å². The molecule has 2 aromatic rings. The lowest BCUT2D eigenvalue weighted by atomic mass is 9.88. The number of nitrogens with zero attached hydrogens (tertiary/aromatic N) is 2. The van der Waals surface area contributed by atoms with E-state index in [1.165, 1.54) is 12.8 Å². The summed E-state index contributed by atoms with van der Waals surface area (Å²) < 4.78 is 5.95. The number of ether oxygens (including phenoxy) is 1. The first-order chi connectivity index (χ1) is 12.7. The van der Waals surface area contributed by atoms with Gasteiger partial charge in [0.05, 0.1) is 23.7 Å². The highest BCUT2D eigenvalue weighted by Gasteiger charge is 2.31. The molecule has 1 aromatic heterocycles. The molecule has 26 heavy (non-hydrogen) atoms. The SMILES string of the molecule is Cc1cccc2[nH]c(CNC(=O)N3CCCC(C4CCCCO4)C3)nc12. The largest absolute Gasteiger partial charge is 0.378 e. The number of piperidine rings is 1. The summed E-state index contributed by atoms with van der Waals surface area (Å²) in [4.78, 5) is 22.5. The van der Waals surface area contributed by atoms with E-state index in [0.29, 0.717) is 18.6 Å². The molecule has 2 aliphatic rings. The molecule has 2 amide bonds. The van der Waals surface area contributed by atoms with Crippen molar-refractivity contribution in [3.05, 3.63) is 29.6 Å². The molecule has 2 N–H and O–H groups in total. The van der Waals surface area contributed by atoms with E-state index in [4.69, 9.17) is 4.74 Å². The zero-order valence-electron chi connectivity index (χ0n) is 15.5. The third kappa shape index (κ3) is 3.70. The number of aromatic nitrogens is 2. The number of likely N-dealkylation sites (tertiary alicyclic amines) is 1. The molecule has 1 aromatic carbocycles. The Morgan fingerprint density at radius 1 is 1.35 bits per heavy atom. The molecule has 2 aliphatic heterocycles. The average Bonchev–Trinajstić information content (AvgIpc) is 3.11. The van der Waals surface area contributed by atoms with Crippen LogP contribution in [0.25, 0.3) is 11.0 Å². The summed E-state index contributed by atoms with van der Waals surface area (Å²) in [6.07, 6.45) is 6.11. The molecular formula is C20H28N4O2. The maximum Gasteiger partial charge on any atom is 0.317 e. The predicted octanol–water partition coefficient (Wildman–Crippen LogP) is 3.36. The molecule has 0 aliphatic carbocycles. The maximum absolute atomic E-state index is 12.6. The Morgan fingerprint density at radius 2 is 2.27 bits per heavy atom. The van der Waals surface area contributed by atoms with Crippen LogP contribution < -0.4 is 5.32 Å². The number of para-hydroxylation sites is 1. The van der Waals surface area contributed by atoms with E-state index in [1.54, 1.807) is 0 Å². The van der Waals surface area contributed by atoms with Gasteiger partial charge in [0, 0.05) is 25.6 Å². The second-order valence-electron chi connectivity index (χ2n) is 7.57. The van der Waals surface area contributed by atoms with Gasteiger partial charge in [-0.15, -0.1) is 0 Å². The lowest BCUT2D eigenvalue weighted by Gasteiger charge is -2.38. The van der Waals surface area contributed by atoms with Gasteiger partial charge in [0.25, 0.3) is 0 Å². The van der Waals surface area contributed by atoms with Gasteiger partial charge in [-0.1, -0.05) is 12.1 Å². The van der Waals surface area contributed by atoms with Crippen molar-refractivity contribution in [2.45, 2.75) is 51.7 Å². The van der Waals surface area contributed by atoms with Gasteiger partial charge in [-0.3, -0.25) is 0 Å². The number of hydrogen-bond donors (Lipinski definition) is 2. The molecule has 6 nitrogen and oxygen atoms in total. The number of aryl methyl sites for hydroxylation is 1. The number of urea groups is 1. The standard InChI is InChI=1S/C20H28N4O2/c1-14-6-4-8-16-19(14)23-18(22-16)12-21-20(25)24-10-5-7-15(13-24)17-9-2-3-11-26-17/h4,6,8,15,17H,2-3,5,7,9-13H2,1H3,(H,21,25)(H,22,23). The number of rotatable bonds is 3. The van der Waals surface area contributed by atoms with Crippen molar-refractivity contribution in [3.63, 3.8) is 0 Å². The average molecular weight is 356 g/mol. The van der Waals surface area contributed by atoms with E-state index < -0.39 is 0 Å². The molecule has 0 saturated carbocycles. The first kappa shape index (κ1) is 17.3. The maximum atomic E-state index is 12.6. The fourth-order valence-electron chi connectivity index (χ4n) is 4.22. The van der Waals surface area contributed by atoms with Gasteiger partial charge in [-0.25, -0.2) is 9.78 Å². The number of carbonyl (C=O) groups excluding carboxylic acids is 1. The number of hydrogen-bond acceptors (Lipinski definition) is 3. The molecule has 3 heterocycles. The van der Waals surface area contributed by atoms with Crippen molar-refractivity contribution in [2.75, 3.05) is 19.7 Å². The summed E-state index contributed by atoms with van der Waals surface area (Å²) in [5, 5.41) is 3.02. The topological polar surface area (TPSA) is 70.2 Å². The highest BCUT2D eigenvalue weighted by atomic mass is 16.5. The minimum absolute atomic E-state index is 0.00249.